The predicted octanol–water partition coefficient (Wildman–Crippen LogP) is 4.55. The van der Waals surface area contributed by atoms with Gasteiger partial charge in [0.2, 0.25) is 0 Å². The van der Waals surface area contributed by atoms with Crippen LogP contribution in [0.15, 0.2) is 0 Å². The minimum atomic E-state index is -0.843. The van der Waals surface area contributed by atoms with E-state index < -0.39 is 17.2 Å². The molecule has 2 rings (SSSR count). The Bertz CT molecular complexity index is 503. The van der Waals surface area contributed by atoms with Crippen LogP contribution in [0.4, 0.5) is 4.39 Å². The molecule has 0 amide bonds. The van der Waals surface area contributed by atoms with E-state index in [0.29, 0.717) is 12.8 Å². The zero-order chi connectivity index (χ0) is 19.3. The second-order valence-electron chi connectivity index (χ2n) is 10.2. The van der Waals surface area contributed by atoms with Gasteiger partial charge in [-0.2, -0.15) is 5.26 Å². The Kier molecular flexibility index (Phi) is 5.31. The van der Waals surface area contributed by atoms with Crippen molar-refractivity contribution < 1.29 is 14.4 Å². The Balaban J connectivity index is 2.17. The summed E-state index contributed by atoms with van der Waals surface area (Å²) in [7, 11) is 0. The number of hydrogen-bond acceptors (Lipinski definition) is 5. The molecule has 2 aliphatic heterocycles. The second kappa shape index (κ2) is 6.45. The molecule has 0 aliphatic carbocycles. The number of halogens is 1. The van der Waals surface area contributed by atoms with Crippen LogP contribution < -0.4 is 0 Å². The van der Waals surface area contributed by atoms with E-state index in [2.05, 4.69) is 33.8 Å². The summed E-state index contributed by atoms with van der Waals surface area (Å²) in [6, 6.07) is 2.40. The first-order valence-corrected chi connectivity index (χ1v) is 9.20. The monoisotopic (exact) mass is 355 g/mol. The highest BCUT2D eigenvalue weighted by atomic mass is 19.1. The van der Waals surface area contributed by atoms with E-state index in [1.807, 2.05) is 32.8 Å². The predicted molar refractivity (Wildman–Crippen MR) is 94.6 cm³/mol. The average molecular weight is 355 g/mol. The number of nitriles is 1. The number of hydrogen-bond donors (Lipinski definition) is 0. The van der Waals surface area contributed by atoms with Gasteiger partial charge in [-0.1, -0.05) is 0 Å². The standard InChI is InChI=1S/C19H34FN3O2/c1-16(2)9-14(13-21)10-17(3,4)22(16)24-25-23-18(5,6)11-15(20)12-19(23,7)8/h14-15H,9-12H2,1-8H3. The number of alkyl halides is 1. The third-order valence-corrected chi connectivity index (χ3v) is 5.50. The lowest BCUT2D eigenvalue weighted by molar-refractivity contribution is -0.573. The summed E-state index contributed by atoms with van der Waals surface area (Å²) in [5.74, 6) is 0.0000134. The molecular weight excluding hydrogens is 321 g/mol. The van der Waals surface area contributed by atoms with Crippen LogP contribution in [0.2, 0.25) is 0 Å². The van der Waals surface area contributed by atoms with E-state index in [0.717, 1.165) is 12.8 Å². The Morgan fingerprint density at radius 2 is 1.08 bits per heavy atom. The molecular formula is C19H34FN3O2. The summed E-state index contributed by atoms with van der Waals surface area (Å²) >= 11 is 0. The van der Waals surface area contributed by atoms with Crippen molar-refractivity contribution in [3.05, 3.63) is 0 Å². The summed E-state index contributed by atoms with van der Waals surface area (Å²) in [4.78, 5) is 11.7. The molecule has 2 fully saturated rings. The molecule has 2 heterocycles. The highest BCUT2D eigenvalue weighted by molar-refractivity contribution is 5.02. The van der Waals surface area contributed by atoms with E-state index in [-0.39, 0.29) is 17.0 Å². The first-order chi connectivity index (χ1) is 11.2. The highest BCUT2D eigenvalue weighted by Gasteiger charge is 2.51. The largest absolute Gasteiger partial charge is 0.247 e. The van der Waals surface area contributed by atoms with Crippen LogP contribution in [-0.2, 0) is 9.98 Å². The van der Waals surface area contributed by atoms with Gasteiger partial charge in [0.05, 0.1) is 6.07 Å². The summed E-state index contributed by atoms with van der Waals surface area (Å²) in [5, 5.41) is 13.0. The molecule has 0 aromatic rings. The van der Waals surface area contributed by atoms with Crippen molar-refractivity contribution in [2.24, 2.45) is 5.92 Å². The molecule has 0 aromatic heterocycles. The summed E-state index contributed by atoms with van der Waals surface area (Å²) < 4.78 is 14.1. The Morgan fingerprint density at radius 3 is 1.40 bits per heavy atom. The maximum absolute atomic E-state index is 14.1. The number of piperidine rings is 2. The minimum Gasteiger partial charge on any atom is -0.247 e. The van der Waals surface area contributed by atoms with Crippen molar-refractivity contribution in [2.75, 3.05) is 0 Å². The Morgan fingerprint density at radius 1 is 0.760 bits per heavy atom. The lowest BCUT2D eigenvalue weighted by Crippen LogP contribution is -2.64. The first kappa shape index (κ1) is 20.6. The molecule has 0 atom stereocenters. The van der Waals surface area contributed by atoms with Crippen molar-refractivity contribution in [3.8, 4) is 6.07 Å². The number of rotatable bonds is 3. The summed E-state index contributed by atoms with van der Waals surface area (Å²) in [6.07, 6.45) is 1.40. The van der Waals surface area contributed by atoms with Crippen LogP contribution in [0.25, 0.3) is 0 Å². The van der Waals surface area contributed by atoms with Crippen molar-refractivity contribution >= 4 is 0 Å². The average Bonchev–Trinajstić information content (AvgIpc) is 2.36. The first-order valence-electron chi connectivity index (χ1n) is 9.20. The van der Waals surface area contributed by atoms with E-state index >= 15 is 0 Å². The van der Waals surface area contributed by atoms with Gasteiger partial charge in [-0.25, -0.2) is 4.39 Å². The van der Waals surface area contributed by atoms with Gasteiger partial charge in [0.1, 0.15) is 6.17 Å². The van der Waals surface area contributed by atoms with Crippen molar-refractivity contribution in [3.63, 3.8) is 0 Å². The Labute approximate surface area is 151 Å². The van der Waals surface area contributed by atoms with Crippen molar-refractivity contribution in [1.29, 1.82) is 5.26 Å². The van der Waals surface area contributed by atoms with Crippen LogP contribution in [0.3, 0.4) is 0 Å². The fourth-order valence-electron chi connectivity index (χ4n) is 4.97. The molecule has 5 nitrogen and oxygen atoms in total. The molecule has 2 saturated heterocycles. The highest BCUT2D eigenvalue weighted by Crippen LogP contribution is 2.44. The fourth-order valence-corrected chi connectivity index (χ4v) is 4.97. The van der Waals surface area contributed by atoms with Crippen LogP contribution in [0.5, 0.6) is 0 Å². The topological polar surface area (TPSA) is 48.7 Å². The van der Waals surface area contributed by atoms with Gasteiger partial charge in [-0.05, 0) is 81.1 Å². The molecule has 0 aromatic carbocycles. The van der Waals surface area contributed by atoms with Crippen LogP contribution >= 0.6 is 0 Å². The SMILES string of the molecule is CC1(C)CC(F)CC(C)(C)N1OON1C(C)(C)CC(C#N)CC1(C)C. The maximum Gasteiger partial charge on any atom is 0.104 e. The van der Waals surface area contributed by atoms with Gasteiger partial charge in [0, 0.05) is 28.1 Å². The van der Waals surface area contributed by atoms with Gasteiger partial charge >= 0.3 is 0 Å². The molecule has 2 aliphatic rings. The molecule has 0 saturated carbocycles. The summed E-state index contributed by atoms with van der Waals surface area (Å²) in [6.45, 7) is 16.1. The van der Waals surface area contributed by atoms with E-state index in [9.17, 15) is 9.65 Å². The zero-order valence-corrected chi connectivity index (χ0v) is 17.0. The smallest absolute Gasteiger partial charge is 0.104 e. The Hall–Kier alpha value is -0.740. The van der Waals surface area contributed by atoms with Crippen LogP contribution in [0.1, 0.15) is 81.1 Å². The molecule has 0 N–H and O–H groups in total. The molecule has 0 bridgehead atoms. The number of nitrogens with zero attached hydrogens (tertiary/aromatic N) is 3. The maximum atomic E-state index is 14.1. The molecule has 0 spiro atoms. The zero-order valence-electron chi connectivity index (χ0n) is 17.0. The van der Waals surface area contributed by atoms with E-state index in [1.54, 1.807) is 5.06 Å². The normalized spacial score (nSPS) is 30.1. The number of hydroxylamine groups is 4. The van der Waals surface area contributed by atoms with Gasteiger partial charge in [0.25, 0.3) is 0 Å². The van der Waals surface area contributed by atoms with Gasteiger partial charge in [-0.3, -0.25) is 0 Å². The molecule has 25 heavy (non-hydrogen) atoms. The molecule has 0 unspecified atom stereocenters. The van der Waals surface area contributed by atoms with Gasteiger partial charge in [0.15, 0.2) is 0 Å². The lowest BCUT2D eigenvalue weighted by Gasteiger charge is -2.54. The minimum absolute atomic E-state index is 0.0000134. The third kappa shape index (κ3) is 4.16. The summed E-state index contributed by atoms with van der Waals surface area (Å²) in [5.41, 5.74) is -1.62. The van der Waals surface area contributed by atoms with Crippen molar-refractivity contribution in [2.45, 2.75) is 109 Å². The van der Waals surface area contributed by atoms with Crippen LogP contribution in [-0.4, -0.2) is 38.5 Å². The molecule has 6 heteroatoms. The quantitative estimate of drug-likeness (QED) is 0.549. The second-order valence-corrected chi connectivity index (χ2v) is 10.2. The van der Waals surface area contributed by atoms with Gasteiger partial charge in [-0.15, -0.1) is 20.1 Å². The third-order valence-electron chi connectivity index (χ3n) is 5.50. The lowest BCUT2D eigenvalue weighted by atomic mass is 9.76. The molecule has 144 valence electrons. The molecule has 0 radical (unpaired) electrons. The van der Waals surface area contributed by atoms with E-state index in [4.69, 9.17) is 9.98 Å². The van der Waals surface area contributed by atoms with Gasteiger partial charge < -0.3 is 0 Å². The van der Waals surface area contributed by atoms with Crippen LogP contribution in [0, 0.1) is 17.2 Å². The fraction of sp³-hybridized carbons (Fsp3) is 0.947. The van der Waals surface area contributed by atoms with Crippen molar-refractivity contribution in [1.82, 2.24) is 10.1 Å². The van der Waals surface area contributed by atoms with E-state index in [1.165, 1.54) is 0 Å².